The Morgan fingerprint density at radius 3 is 2.85 bits per heavy atom. The van der Waals surface area contributed by atoms with E-state index in [0.717, 1.165) is 37.0 Å². The van der Waals surface area contributed by atoms with Crippen molar-refractivity contribution >= 4 is 11.9 Å². The number of fused-ring (bicyclic) bond motifs is 1. The smallest absolute Gasteiger partial charge is 0.168 e. The molecule has 3 rings (SSSR count). The van der Waals surface area contributed by atoms with Gasteiger partial charge in [0.15, 0.2) is 5.78 Å². The Morgan fingerprint density at radius 1 is 1.35 bits per heavy atom. The molecule has 2 aliphatic carbocycles. The molecule has 0 amide bonds. The van der Waals surface area contributed by atoms with E-state index < -0.39 is 0 Å². The standard InChI is InChI=1S/C18H20O2/c1-12-8-9-18(3)16(13(12)2)7-6-14(17(18)19)11-15-5-4-10-20-15/h4-5,10-11H,1,6-9H2,2-3H3/b14-11-. The zero-order chi connectivity index (χ0) is 14.3. The molecule has 1 saturated carbocycles. The second-order valence-corrected chi connectivity index (χ2v) is 6.05. The summed E-state index contributed by atoms with van der Waals surface area (Å²) in [6.45, 7) is 8.33. The maximum atomic E-state index is 12.9. The van der Waals surface area contributed by atoms with Crippen LogP contribution in [0.15, 0.2) is 51.7 Å². The number of carbonyl (C=O) groups is 1. The summed E-state index contributed by atoms with van der Waals surface area (Å²) in [7, 11) is 0. The Kier molecular flexibility index (Phi) is 3.04. The summed E-state index contributed by atoms with van der Waals surface area (Å²) >= 11 is 0. The molecule has 1 aromatic rings. The molecule has 1 atom stereocenters. The van der Waals surface area contributed by atoms with Crippen LogP contribution in [0.2, 0.25) is 0 Å². The predicted octanol–water partition coefficient (Wildman–Crippen LogP) is 4.70. The van der Waals surface area contributed by atoms with Gasteiger partial charge in [-0.3, -0.25) is 4.79 Å². The molecule has 1 fully saturated rings. The zero-order valence-corrected chi connectivity index (χ0v) is 12.2. The highest BCUT2D eigenvalue weighted by Crippen LogP contribution is 2.50. The van der Waals surface area contributed by atoms with Gasteiger partial charge in [-0.25, -0.2) is 0 Å². The lowest BCUT2D eigenvalue weighted by atomic mass is 9.61. The lowest BCUT2D eigenvalue weighted by molar-refractivity contribution is -0.123. The highest BCUT2D eigenvalue weighted by Gasteiger charge is 2.44. The van der Waals surface area contributed by atoms with Gasteiger partial charge in [0.05, 0.1) is 11.7 Å². The first kappa shape index (κ1) is 13.2. The van der Waals surface area contributed by atoms with E-state index in [1.165, 1.54) is 16.7 Å². The van der Waals surface area contributed by atoms with Crippen LogP contribution >= 0.6 is 0 Å². The lowest BCUT2D eigenvalue weighted by Gasteiger charge is -2.41. The number of Topliss-reactive ketones (excluding diaryl/α,β-unsaturated/α-hetero) is 1. The monoisotopic (exact) mass is 268 g/mol. The minimum absolute atomic E-state index is 0.266. The van der Waals surface area contributed by atoms with Gasteiger partial charge in [0.2, 0.25) is 0 Å². The predicted molar refractivity (Wildman–Crippen MR) is 80.1 cm³/mol. The average Bonchev–Trinajstić information content (AvgIpc) is 2.93. The van der Waals surface area contributed by atoms with Gasteiger partial charge in [-0.1, -0.05) is 17.7 Å². The highest BCUT2D eigenvalue weighted by molar-refractivity contribution is 6.06. The molecule has 2 heteroatoms. The van der Waals surface area contributed by atoms with Crippen molar-refractivity contribution in [2.24, 2.45) is 5.41 Å². The van der Waals surface area contributed by atoms with Gasteiger partial charge in [0, 0.05) is 5.57 Å². The van der Waals surface area contributed by atoms with Crippen LogP contribution in [0.4, 0.5) is 0 Å². The summed E-state index contributed by atoms with van der Waals surface area (Å²) in [5.74, 6) is 1.03. The van der Waals surface area contributed by atoms with Crippen molar-refractivity contribution in [3.63, 3.8) is 0 Å². The number of allylic oxidation sites excluding steroid dienone is 4. The molecule has 0 aromatic carbocycles. The summed E-state index contributed by atoms with van der Waals surface area (Å²) in [5, 5.41) is 0. The third-order valence-electron chi connectivity index (χ3n) is 4.87. The maximum absolute atomic E-state index is 12.9. The Hall–Kier alpha value is -1.83. The second kappa shape index (κ2) is 4.62. The fraction of sp³-hybridized carbons (Fsp3) is 0.389. The molecular weight excluding hydrogens is 248 g/mol. The quantitative estimate of drug-likeness (QED) is 0.691. The Balaban J connectivity index is 2.01. The molecule has 20 heavy (non-hydrogen) atoms. The van der Waals surface area contributed by atoms with Crippen molar-refractivity contribution in [2.75, 3.05) is 0 Å². The minimum atomic E-state index is -0.331. The summed E-state index contributed by atoms with van der Waals surface area (Å²) in [5.41, 5.74) is 4.32. The van der Waals surface area contributed by atoms with Crippen LogP contribution in [0.3, 0.4) is 0 Å². The normalized spacial score (nSPS) is 29.0. The van der Waals surface area contributed by atoms with Gasteiger partial charge >= 0.3 is 0 Å². The highest BCUT2D eigenvalue weighted by atomic mass is 16.3. The molecule has 2 aliphatic rings. The molecule has 2 nitrogen and oxygen atoms in total. The van der Waals surface area contributed by atoms with Crippen molar-refractivity contribution in [1.29, 1.82) is 0 Å². The molecule has 104 valence electrons. The van der Waals surface area contributed by atoms with Crippen molar-refractivity contribution in [3.05, 3.63) is 53.0 Å². The van der Waals surface area contributed by atoms with Gasteiger partial charge in [-0.05, 0) is 63.3 Å². The summed E-state index contributed by atoms with van der Waals surface area (Å²) < 4.78 is 5.34. The van der Waals surface area contributed by atoms with E-state index >= 15 is 0 Å². The van der Waals surface area contributed by atoms with E-state index in [4.69, 9.17) is 4.42 Å². The number of hydrogen-bond acceptors (Lipinski definition) is 2. The number of ketones is 1. The van der Waals surface area contributed by atoms with Crippen molar-refractivity contribution in [2.45, 2.75) is 39.5 Å². The van der Waals surface area contributed by atoms with Crippen LogP contribution in [0.25, 0.3) is 6.08 Å². The van der Waals surface area contributed by atoms with Crippen molar-refractivity contribution < 1.29 is 9.21 Å². The Labute approximate surface area is 119 Å². The van der Waals surface area contributed by atoms with Gasteiger partial charge in [0.25, 0.3) is 0 Å². The molecule has 1 aromatic heterocycles. The van der Waals surface area contributed by atoms with Crippen LogP contribution in [-0.4, -0.2) is 5.78 Å². The molecule has 0 bridgehead atoms. The minimum Gasteiger partial charge on any atom is -0.465 e. The molecule has 0 aliphatic heterocycles. The molecule has 0 spiro atoms. The van der Waals surface area contributed by atoms with Crippen LogP contribution in [0, 0.1) is 5.41 Å². The lowest BCUT2D eigenvalue weighted by Crippen LogP contribution is -2.38. The van der Waals surface area contributed by atoms with Crippen LogP contribution in [0.1, 0.15) is 45.3 Å². The van der Waals surface area contributed by atoms with Gasteiger partial charge in [-0.15, -0.1) is 0 Å². The van der Waals surface area contributed by atoms with Gasteiger partial charge in [-0.2, -0.15) is 0 Å². The molecule has 1 heterocycles. The summed E-state index contributed by atoms with van der Waals surface area (Å²) in [6, 6.07) is 3.74. The largest absolute Gasteiger partial charge is 0.465 e. The van der Waals surface area contributed by atoms with E-state index in [-0.39, 0.29) is 11.2 Å². The molecule has 0 saturated heterocycles. The summed E-state index contributed by atoms with van der Waals surface area (Å²) in [6.07, 6.45) is 7.11. The van der Waals surface area contributed by atoms with Crippen LogP contribution in [-0.2, 0) is 4.79 Å². The van der Waals surface area contributed by atoms with Gasteiger partial charge in [0.1, 0.15) is 5.76 Å². The first-order valence-electron chi connectivity index (χ1n) is 7.19. The van der Waals surface area contributed by atoms with Crippen LogP contribution in [0.5, 0.6) is 0 Å². The summed E-state index contributed by atoms with van der Waals surface area (Å²) in [4.78, 5) is 12.9. The van der Waals surface area contributed by atoms with E-state index in [0.29, 0.717) is 0 Å². The van der Waals surface area contributed by atoms with Crippen LogP contribution < -0.4 is 0 Å². The van der Waals surface area contributed by atoms with E-state index in [1.807, 2.05) is 18.2 Å². The van der Waals surface area contributed by atoms with Crippen molar-refractivity contribution in [3.8, 4) is 0 Å². The maximum Gasteiger partial charge on any atom is 0.168 e. The zero-order valence-electron chi connectivity index (χ0n) is 12.2. The fourth-order valence-electron chi connectivity index (χ4n) is 3.49. The number of furan rings is 1. The second-order valence-electron chi connectivity index (χ2n) is 6.05. The van der Waals surface area contributed by atoms with E-state index in [2.05, 4.69) is 20.4 Å². The number of hydrogen-bond donors (Lipinski definition) is 0. The molecular formula is C18H20O2. The Bertz CT molecular complexity index is 628. The number of rotatable bonds is 1. The first-order valence-corrected chi connectivity index (χ1v) is 7.19. The molecule has 1 unspecified atom stereocenters. The third kappa shape index (κ3) is 1.91. The Morgan fingerprint density at radius 2 is 2.15 bits per heavy atom. The molecule has 0 N–H and O–H groups in total. The van der Waals surface area contributed by atoms with Crippen molar-refractivity contribution in [1.82, 2.24) is 0 Å². The third-order valence-corrected chi connectivity index (χ3v) is 4.87. The first-order chi connectivity index (χ1) is 9.52. The number of carbonyl (C=O) groups excluding carboxylic acids is 1. The van der Waals surface area contributed by atoms with E-state index in [1.54, 1.807) is 6.26 Å². The van der Waals surface area contributed by atoms with E-state index in [9.17, 15) is 4.79 Å². The SMILES string of the molecule is C=C1CCC2(C)C(=O)/C(=C\c3ccco3)CCC2=C1C. The fourth-order valence-corrected chi connectivity index (χ4v) is 3.49. The molecule has 0 radical (unpaired) electrons. The average molecular weight is 268 g/mol. The topological polar surface area (TPSA) is 30.2 Å². The van der Waals surface area contributed by atoms with Gasteiger partial charge < -0.3 is 4.42 Å².